The van der Waals surface area contributed by atoms with Gasteiger partial charge < -0.3 is 10.4 Å². The molecule has 0 unspecified atom stereocenters. The van der Waals surface area contributed by atoms with Gasteiger partial charge in [0.2, 0.25) is 0 Å². The molecule has 1 saturated carbocycles. The molecular weight excluding hydrogens is 223 g/mol. The van der Waals surface area contributed by atoms with Crippen molar-refractivity contribution >= 4 is 11.7 Å². The quantitative estimate of drug-likeness (QED) is 0.840. The number of rotatable bonds is 3. The van der Waals surface area contributed by atoms with Gasteiger partial charge in [-0.05, 0) is 31.4 Å². The Balaban J connectivity index is 2.34. The molecule has 0 spiro atoms. The molecule has 88 valence electrons. The van der Waals surface area contributed by atoms with Gasteiger partial charge in [0, 0.05) is 0 Å². The maximum Gasteiger partial charge on any atom is 0.329 e. The van der Waals surface area contributed by atoms with Crippen LogP contribution >= 0.6 is 0 Å². The zero-order valence-electron chi connectivity index (χ0n) is 9.03. The fourth-order valence-corrected chi connectivity index (χ4v) is 1.92. The minimum atomic E-state index is -1.04. The second-order valence-electron chi connectivity index (χ2n) is 4.14. The van der Waals surface area contributed by atoms with Crippen LogP contribution in [0.15, 0.2) is 18.2 Å². The molecule has 4 nitrogen and oxygen atoms in total. The predicted octanol–water partition coefficient (Wildman–Crippen LogP) is 2.12. The third kappa shape index (κ3) is 1.82. The average molecular weight is 234 g/mol. The first kappa shape index (κ1) is 11.4. The molecule has 1 aromatic carbocycles. The number of carboxylic acid groups (broad SMARTS) is 1. The summed E-state index contributed by atoms with van der Waals surface area (Å²) < 4.78 is 13.3. The van der Waals surface area contributed by atoms with Gasteiger partial charge in [0.05, 0.1) is 5.69 Å². The summed E-state index contributed by atoms with van der Waals surface area (Å²) in [7, 11) is 0. The van der Waals surface area contributed by atoms with E-state index in [-0.39, 0.29) is 11.3 Å². The second-order valence-corrected chi connectivity index (χ2v) is 4.14. The molecule has 1 aliphatic carbocycles. The van der Waals surface area contributed by atoms with Crippen molar-refractivity contribution in [3.8, 4) is 6.07 Å². The SMILES string of the molecule is N#Cc1c(F)cccc1NC1(C(=O)O)CCC1. The predicted molar refractivity (Wildman–Crippen MR) is 59.0 cm³/mol. The Morgan fingerprint density at radius 3 is 2.71 bits per heavy atom. The van der Waals surface area contributed by atoms with E-state index >= 15 is 0 Å². The maximum absolute atomic E-state index is 13.3. The minimum Gasteiger partial charge on any atom is -0.480 e. The first-order valence-electron chi connectivity index (χ1n) is 5.29. The Morgan fingerprint density at radius 1 is 1.53 bits per heavy atom. The van der Waals surface area contributed by atoms with Gasteiger partial charge in [0.25, 0.3) is 0 Å². The lowest BCUT2D eigenvalue weighted by molar-refractivity contribution is -0.145. The van der Waals surface area contributed by atoms with Gasteiger partial charge in [-0.25, -0.2) is 9.18 Å². The molecule has 2 N–H and O–H groups in total. The molecule has 0 aromatic heterocycles. The van der Waals surface area contributed by atoms with Crippen molar-refractivity contribution < 1.29 is 14.3 Å². The van der Waals surface area contributed by atoms with Crippen molar-refractivity contribution in [2.45, 2.75) is 24.8 Å². The van der Waals surface area contributed by atoms with E-state index in [0.717, 1.165) is 6.42 Å². The molecule has 0 aliphatic heterocycles. The van der Waals surface area contributed by atoms with Crippen LogP contribution in [-0.4, -0.2) is 16.6 Å². The third-order valence-corrected chi connectivity index (χ3v) is 3.12. The molecule has 1 aliphatic rings. The molecule has 17 heavy (non-hydrogen) atoms. The number of anilines is 1. The monoisotopic (exact) mass is 234 g/mol. The van der Waals surface area contributed by atoms with E-state index in [9.17, 15) is 9.18 Å². The van der Waals surface area contributed by atoms with E-state index < -0.39 is 17.3 Å². The fourth-order valence-electron chi connectivity index (χ4n) is 1.92. The first-order valence-corrected chi connectivity index (χ1v) is 5.29. The van der Waals surface area contributed by atoms with E-state index in [2.05, 4.69) is 5.32 Å². The number of carboxylic acids is 1. The summed E-state index contributed by atoms with van der Waals surface area (Å²) in [5.74, 6) is -1.60. The van der Waals surface area contributed by atoms with Gasteiger partial charge in [-0.3, -0.25) is 0 Å². The van der Waals surface area contributed by atoms with Gasteiger partial charge in [0.15, 0.2) is 0 Å². The number of halogens is 1. The number of carbonyl (C=O) groups is 1. The van der Waals surface area contributed by atoms with Gasteiger partial charge in [-0.15, -0.1) is 0 Å². The molecule has 0 bridgehead atoms. The number of nitriles is 1. The number of aliphatic carboxylic acids is 1. The first-order chi connectivity index (χ1) is 8.09. The molecule has 0 saturated heterocycles. The Morgan fingerprint density at radius 2 is 2.24 bits per heavy atom. The standard InChI is InChI=1S/C12H11FN2O2/c13-9-3-1-4-10(8(9)7-14)15-12(11(16)17)5-2-6-12/h1,3-4,15H,2,5-6H2,(H,16,17). The lowest BCUT2D eigenvalue weighted by Gasteiger charge is -2.39. The van der Waals surface area contributed by atoms with Crippen molar-refractivity contribution in [1.82, 2.24) is 0 Å². The van der Waals surface area contributed by atoms with E-state index in [1.807, 2.05) is 0 Å². The van der Waals surface area contributed by atoms with Gasteiger partial charge in [-0.2, -0.15) is 5.26 Å². The van der Waals surface area contributed by atoms with E-state index in [1.165, 1.54) is 18.2 Å². The van der Waals surface area contributed by atoms with Gasteiger partial charge in [-0.1, -0.05) is 6.07 Å². The number of benzene rings is 1. The van der Waals surface area contributed by atoms with Crippen molar-refractivity contribution in [1.29, 1.82) is 5.26 Å². The maximum atomic E-state index is 13.3. The highest BCUT2D eigenvalue weighted by atomic mass is 19.1. The zero-order chi connectivity index (χ0) is 12.5. The lowest BCUT2D eigenvalue weighted by Crippen LogP contribution is -2.52. The summed E-state index contributed by atoms with van der Waals surface area (Å²) in [4.78, 5) is 11.2. The van der Waals surface area contributed by atoms with Crippen LogP contribution in [0.3, 0.4) is 0 Å². The van der Waals surface area contributed by atoms with E-state index in [4.69, 9.17) is 10.4 Å². The Hall–Kier alpha value is -2.09. The fraction of sp³-hybridized carbons (Fsp3) is 0.333. The van der Waals surface area contributed by atoms with Crippen LogP contribution < -0.4 is 5.32 Å². The van der Waals surface area contributed by atoms with Gasteiger partial charge >= 0.3 is 5.97 Å². The smallest absolute Gasteiger partial charge is 0.329 e. The molecule has 0 atom stereocenters. The second kappa shape index (κ2) is 4.06. The summed E-state index contributed by atoms with van der Waals surface area (Å²) in [6, 6.07) is 5.89. The van der Waals surface area contributed by atoms with Crippen LogP contribution in [0.25, 0.3) is 0 Å². The normalized spacial score (nSPS) is 16.7. The number of nitrogens with zero attached hydrogens (tertiary/aromatic N) is 1. The zero-order valence-corrected chi connectivity index (χ0v) is 9.03. The molecule has 2 rings (SSSR count). The Kier molecular flexibility index (Phi) is 2.72. The largest absolute Gasteiger partial charge is 0.480 e. The van der Waals surface area contributed by atoms with Crippen LogP contribution in [0, 0.1) is 17.1 Å². The highest BCUT2D eigenvalue weighted by molar-refractivity contribution is 5.84. The average Bonchev–Trinajstić information content (AvgIpc) is 2.23. The topological polar surface area (TPSA) is 73.1 Å². The minimum absolute atomic E-state index is 0.139. The summed E-state index contributed by atoms with van der Waals surface area (Å²) in [6.07, 6.45) is 1.80. The highest BCUT2D eigenvalue weighted by Crippen LogP contribution is 2.36. The number of hydrogen-bond acceptors (Lipinski definition) is 3. The summed E-state index contributed by atoms with van der Waals surface area (Å²) in [5.41, 5.74) is -0.936. The molecule has 0 heterocycles. The van der Waals surface area contributed by atoms with E-state index in [1.54, 1.807) is 6.07 Å². The number of hydrogen-bond donors (Lipinski definition) is 2. The van der Waals surface area contributed by atoms with Crippen molar-refractivity contribution in [2.24, 2.45) is 0 Å². The van der Waals surface area contributed by atoms with Crippen LogP contribution in [0.5, 0.6) is 0 Å². The van der Waals surface area contributed by atoms with Crippen LogP contribution in [0.1, 0.15) is 24.8 Å². The third-order valence-electron chi connectivity index (χ3n) is 3.12. The van der Waals surface area contributed by atoms with Crippen molar-refractivity contribution in [3.63, 3.8) is 0 Å². The summed E-state index contributed by atoms with van der Waals surface area (Å²) in [6.45, 7) is 0. The molecular formula is C12H11FN2O2. The Labute approximate surface area is 97.7 Å². The van der Waals surface area contributed by atoms with Gasteiger partial charge in [0.1, 0.15) is 23.0 Å². The lowest BCUT2D eigenvalue weighted by atomic mass is 9.76. The summed E-state index contributed by atoms with van der Waals surface area (Å²) in [5, 5.41) is 20.8. The van der Waals surface area contributed by atoms with Crippen LogP contribution in [0.2, 0.25) is 0 Å². The number of nitrogens with one attached hydrogen (secondary N) is 1. The van der Waals surface area contributed by atoms with Crippen molar-refractivity contribution in [2.75, 3.05) is 5.32 Å². The molecule has 1 fully saturated rings. The highest BCUT2D eigenvalue weighted by Gasteiger charge is 2.44. The van der Waals surface area contributed by atoms with Crippen LogP contribution in [0.4, 0.5) is 10.1 Å². The molecule has 0 amide bonds. The summed E-state index contributed by atoms with van der Waals surface area (Å²) >= 11 is 0. The molecule has 1 aromatic rings. The molecule has 5 heteroatoms. The van der Waals surface area contributed by atoms with E-state index in [0.29, 0.717) is 12.8 Å². The Bertz CT molecular complexity index is 504. The van der Waals surface area contributed by atoms with Crippen molar-refractivity contribution in [3.05, 3.63) is 29.6 Å². The molecule has 0 radical (unpaired) electrons. The van der Waals surface area contributed by atoms with Crippen LogP contribution in [-0.2, 0) is 4.79 Å².